The highest BCUT2D eigenvalue weighted by molar-refractivity contribution is 7.99. The van der Waals surface area contributed by atoms with Crippen molar-refractivity contribution in [3.05, 3.63) is 60.4 Å². The number of hydrogen-bond acceptors (Lipinski definition) is 10. The molecule has 0 radical (unpaired) electrons. The fraction of sp³-hybridized carbons (Fsp3) is 0.346. The van der Waals surface area contributed by atoms with Crippen molar-refractivity contribution in [1.82, 2.24) is 24.5 Å². The minimum Gasteiger partial charge on any atom is -0.494 e. The van der Waals surface area contributed by atoms with Crippen molar-refractivity contribution in [2.24, 2.45) is 0 Å². The van der Waals surface area contributed by atoms with E-state index in [9.17, 15) is 0 Å². The van der Waals surface area contributed by atoms with Crippen LogP contribution >= 0.6 is 11.9 Å². The molecule has 1 fully saturated rings. The van der Waals surface area contributed by atoms with Crippen LogP contribution in [0.25, 0.3) is 5.65 Å². The molecule has 0 amide bonds. The number of rotatable bonds is 9. The van der Waals surface area contributed by atoms with E-state index in [4.69, 9.17) is 9.72 Å². The average molecular weight is 520 g/mol. The topological polar surface area (TPSA) is 86.1 Å². The maximum Gasteiger partial charge on any atom is 0.247 e. The van der Waals surface area contributed by atoms with Gasteiger partial charge in [0.15, 0.2) is 5.65 Å². The Hall–Kier alpha value is -3.70. The number of benzene rings is 1. The lowest BCUT2D eigenvalue weighted by atomic mass is 10.2. The second-order valence-corrected chi connectivity index (χ2v) is 9.86. The smallest absolute Gasteiger partial charge is 0.247 e. The van der Waals surface area contributed by atoms with Crippen LogP contribution in [-0.4, -0.2) is 78.1 Å². The lowest BCUT2D eigenvalue weighted by Gasteiger charge is -2.34. The lowest BCUT2D eigenvalue weighted by molar-refractivity contribution is 0.312. The van der Waals surface area contributed by atoms with E-state index < -0.39 is 0 Å². The number of piperazine rings is 1. The molecule has 10 nitrogen and oxygen atoms in total. The fourth-order valence-corrected chi connectivity index (χ4v) is 4.73. The summed E-state index contributed by atoms with van der Waals surface area (Å²) in [4.78, 5) is 14.0. The Labute approximate surface area is 221 Å². The normalized spacial score (nSPS) is 14.1. The van der Waals surface area contributed by atoms with Crippen molar-refractivity contribution in [3.63, 3.8) is 0 Å². The number of pyridine rings is 2. The van der Waals surface area contributed by atoms with Gasteiger partial charge in [0.1, 0.15) is 11.6 Å². The first-order chi connectivity index (χ1) is 18.1. The highest BCUT2D eigenvalue weighted by Gasteiger charge is 2.17. The Kier molecular flexibility index (Phi) is 7.52. The second-order valence-electron chi connectivity index (χ2n) is 8.95. The Bertz CT molecular complexity index is 1350. The van der Waals surface area contributed by atoms with Crippen LogP contribution in [0.5, 0.6) is 5.75 Å². The third kappa shape index (κ3) is 5.52. The Morgan fingerprint density at radius 3 is 2.70 bits per heavy atom. The first-order valence-electron chi connectivity index (χ1n) is 12.3. The predicted molar refractivity (Wildman–Crippen MR) is 152 cm³/mol. The molecule has 2 N–H and O–H groups in total. The van der Waals surface area contributed by atoms with Crippen LogP contribution in [0.4, 0.5) is 28.8 Å². The van der Waals surface area contributed by atoms with Gasteiger partial charge in [-0.15, -0.1) is 5.10 Å². The van der Waals surface area contributed by atoms with Gasteiger partial charge in [0.05, 0.1) is 18.5 Å². The minimum atomic E-state index is 0.504. The molecule has 4 aromatic rings. The number of hydrogen-bond donors (Lipinski definition) is 2. The SMILES string of the molecule is COc1cc(N2CCN(C)CC2)ccc1Nc1nc2c(NCc3cccnc3N(C)SC)cccn2n1. The Morgan fingerprint density at radius 2 is 1.92 bits per heavy atom. The van der Waals surface area contributed by atoms with Crippen LogP contribution in [0.1, 0.15) is 5.56 Å². The van der Waals surface area contributed by atoms with Crippen LogP contribution in [0.15, 0.2) is 54.9 Å². The summed E-state index contributed by atoms with van der Waals surface area (Å²) in [7, 11) is 5.86. The second kappa shape index (κ2) is 11.1. The number of likely N-dealkylation sites (N-methyl/N-ethyl adjacent to an activating group) is 1. The number of ether oxygens (including phenoxy) is 1. The molecule has 4 heterocycles. The van der Waals surface area contributed by atoms with Gasteiger partial charge in [0.25, 0.3) is 0 Å². The van der Waals surface area contributed by atoms with Gasteiger partial charge in [-0.2, -0.15) is 4.98 Å². The maximum absolute atomic E-state index is 5.71. The Balaban J connectivity index is 1.34. The van der Waals surface area contributed by atoms with Crippen LogP contribution in [0.3, 0.4) is 0 Å². The zero-order valence-electron chi connectivity index (χ0n) is 21.7. The van der Waals surface area contributed by atoms with E-state index in [2.05, 4.69) is 60.1 Å². The highest BCUT2D eigenvalue weighted by Crippen LogP contribution is 2.32. The molecule has 1 aliphatic rings. The number of nitrogens with one attached hydrogen (secondary N) is 2. The van der Waals surface area contributed by atoms with Crippen LogP contribution in [-0.2, 0) is 6.54 Å². The van der Waals surface area contributed by atoms with Gasteiger partial charge in [-0.3, -0.25) is 0 Å². The van der Waals surface area contributed by atoms with E-state index in [1.54, 1.807) is 23.6 Å². The molecule has 37 heavy (non-hydrogen) atoms. The zero-order chi connectivity index (χ0) is 25.8. The van der Waals surface area contributed by atoms with Gasteiger partial charge < -0.3 is 29.5 Å². The van der Waals surface area contributed by atoms with Crippen molar-refractivity contribution in [3.8, 4) is 5.75 Å². The molecule has 1 aliphatic heterocycles. The third-order valence-electron chi connectivity index (χ3n) is 6.57. The van der Waals surface area contributed by atoms with Crippen molar-refractivity contribution < 1.29 is 4.74 Å². The largest absolute Gasteiger partial charge is 0.494 e. The summed E-state index contributed by atoms with van der Waals surface area (Å²) in [6.45, 7) is 4.74. The molecule has 11 heteroatoms. The molecule has 3 aromatic heterocycles. The monoisotopic (exact) mass is 519 g/mol. The predicted octanol–water partition coefficient (Wildman–Crippen LogP) is 3.95. The number of anilines is 5. The zero-order valence-corrected chi connectivity index (χ0v) is 22.5. The molecule has 0 unspecified atom stereocenters. The number of fused-ring (bicyclic) bond motifs is 1. The van der Waals surface area contributed by atoms with Crippen molar-refractivity contribution >= 4 is 46.4 Å². The lowest BCUT2D eigenvalue weighted by Crippen LogP contribution is -2.44. The van der Waals surface area contributed by atoms with E-state index in [1.807, 2.05) is 50.0 Å². The summed E-state index contributed by atoms with van der Waals surface area (Å²) in [6, 6.07) is 14.2. The van der Waals surface area contributed by atoms with Gasteiger partial charge in [0, 0.05) is 75.7 Å². The summed E-state index contributed by atoms with van der Waals surface area (Å²) in [6.07, 6.45) is 5.74. The molecule has 0 spiro atoms. The van der Waals surface area contributed by atoms with E-state index in [1.165, 1.54) is 0 Å². The first kappa shape index (κ1) is 25.0. The van der Waals surface area contributed by atoms with Gasteiger partial charge >= 0.3 is 0 Å². The number of nitrogens with zero attached hydrogens (tertiary/aromatic N) is 7. The molecule has 5 rings (SSSR count). The molecule has 1 saturated heterocycles. The summed E-state index contributed by atoms with van der Waals surface area (Å²) in [5.74, 6) is 2.20. The molecule has 0 atom stereocenters. The van der Waals surface area contributed by atoms with E-state index in [0.29, 0.717) is 12.5 Å². The summed E-state index contributed by atoms with van der Waals surface area (Å²) >= 11 is 1.63. The van der Waals surface area contributed by atoms with Crippen LogP contribution in [0.2, 0.25) is 0 Å². The van der Waals surface area contributed by atoms with Crippen molar-refractivity contribution in [2.45, 2.75) is 6.54 Å². The average Bonchev–Trinajstić information content (AvgIpc) is 3.35. The van der Waals surface area contributed by atoms with Gasteiger partial charge in [-0.1, -0.05) is 18.0 Å². The number of aromatic nitrogens is 4. The fourth-order valence-electron chi connectivity index (χ4n) is 4.39. The molecule has 1 aromatic carbocycles. The minimum absolute atomic E-state index is 0.504. The maximum atomic E-state index is 5.71. The van der Waals surface area contributed by atoms with E-state index >= 15 is 0 Å². The summed E-state index contributed by atoms with van der Waals surface area (Å²) in [5.41, 5.74) is 4.71. The first-order valence-corrected chi connectivity index (χ1v) is 13.4. The summed E-state index contributed by atoms with van der Waals surface area (Å²) < 4.78 is 9.54. The highest BCUT2D eigenvalue weighted by atomic mass is 32.2. The van der Waals surface area contributed by atoms with Crippen molar-refractivity contribution in [1.29, 1.82) is 0 Å². The van der Waals surface area contributed by atoms with Crippen LogP contribution in [0, 0.1) is 0 Å². The molecular weight excluding hydrogens is 486 g/mol. The molecule has 0 bridgehead atoms. The molecule has 0 aliphatic carbocycles. The quantitative estimate of drug-likeness (QED) is 0.317. The molecule has 194 valence electrons. The van der Waals surface area contributed by atoms with Gasteiger partial charge in [0.2, 0.25) is 5.95 Å². The molecular formula is C26H33N9OS. The molecule has 0 saturated carbocycles. The van der Waals surface area contributed by atoms with Crippen LogP contribution < -0.4 is 24.6 Å². The van der Waals surface area contributed by atoms with Gasteiger partial charge in [-0.25, -0.2) is 9.50 Å². The number of methoxy groups -OCH3 is 1. The van der Waals surface area contributed by atoms with E-state index in [0.717, 1.165) is 66.0 Å². The third-order valence-corrected chi connectivity index (χ3v) is 7.29. The summed E-state index contributed by atoms with van der Waals surface area (Å²) in [5, 5.41) is 11.5. The van der Waals surface area contributed by atoms with E-state index in [-0.39, 0.29) is 0 Å². The van der Waals surface area contributed by atoms with Gasteiger partial charge in [-0.05, 0) is 37.4 Å². The van der Waals surface area contributed by atoms with Crippen molar-refractivity contribution in [2.75, 3.05) is 73.5 Å². The standard InChI is InChI=1S/C26H33N9OS/c1-32-13-15-34(16-14-32)20-9-10-21(23(17-20)36-3)29-26-30-25-22(8-6-12-35(25)31-26)28-18-19-7-5-11-27-24(19)33(2)37-4/h5-12,17,28H,13-16,18H2,1-4H3,(H,29,31). The Morgan fingerprint density at radius 1 is 1.08 bits per heavy atom.